The zero-order chi connectivity index (χ0) is 21.7. The Morgan fingerprint density at radius 1 is 1.03 bits per heavy atom. The van der Waals surface area contributed by atoms with Crippen molar-refractivity contribution in [3.05, 3.63) is 30.5 Å². The Morgan fingerprint density at radius 2 is 1.68 bits per heavy atom. The van der Waals surface area contributed by atoms with E-state index in [-0.39, 0.29) is 7.43 Å². The van der Waals surface area contributed by atoms with Crippen LogP contribution in [0.15, 0.2) is 30.5 Å². The van der Waals surface area contributed by atoms with Gasteiger partial charge in [-0.2, -0.15) is 0 Å². The Balaban J connectivity index is 0.00000341. The number of pyridine rings is 1. The van der Waals surface area contributed by atoms with Crippen molar-refractivity contribution >= 4 is 45.8 Å². The van der Waals surface area contributed by atoms with Crippen molar-refractivity contribution in [2.75, 3.05) is 45.6 Å². The first-order valence-corrected chi connectivity index (χ1v) is 9.62. The molecule has 0 aliphatic rings. The lowest BCUT2D eigenvalue weighted by atomic mass is 10.2. The minimum absolute atomic E-state index is 0. The molecule has 0 amide bonds. The monoisotopic (exact) mass is 444 g/mol. The number of nitrogens with zero attached hydrogens (tertiary/aromatic N) is 4. The minimum atomic E-state index is 0. The van der Waals surface area contributed by atoms with E-state index < -0.39 is 0 Å². The van der Waals surface area contributed by atoms with Crippen LogP contribution in [0.25, 0.3) is 11.2 Å². The second kappa shape index (κ2) is 10.6. The summed E-state index contributed by atoms with van der Waals surface area (Å²) in [6.07, 6.45) is 1.63. The summed E-state index contributed by atoms with van der Waals surface area (Å²) < 4.78 is 16.1. The molecular formula is C21H28N6O3S. The van der Waals surface area contributed by atoms with Crippen LogP contribution in [0, 0.1) is 0 Å². The predicted octanol–water partition coefficient (Wildman–Crippen LogP) is 4.08. The van der Waals surface area contributed by atoms with E-state index in [1.807, 2.05) is 31.0 Å². The van der Waals surface area contributed by atoms with Crippen LogP contribution in [0.3, 0.4) is 0 Å². The number of ether oxygens (including phenoxy) is 3. The fourth-order valence-electron chi connectivity index (χ4n) is 2.68. The lowest BCUT2D eigenvalue weighted by Gasteiger charge is -2.18. The number of methoxy groups -OCH3 is 3. The summed E-state index contributed by atoms with van der Waals surface area (Å²) in [5.41, 5.74) is 1.86. The van der Waals surface area contributed by atoms with E-state index in [1.165, 1.54) is 0 Å². The van der Waals surface area contributed by atoms with Crippen molar-refractivity contribution in [2.24, 2.45) is 0 Å². The smallest absolute Gasteiger partial charge is 0.203 e. The molecule has 0 atom stereocenters. The largest absolute Gasteiger partial charge is 0.493 e. The van der Waals surface area contributed by atoms with E-state index in [1.54, 1.807) is 39.7 Å². The number of aromatic nitrogens is 3. The van der Waals surface area contributed by atoms with Gasteiger partial charge >= 0.3 is 0 Å². The van der Waals surface area contributed by atoms with Gasteiger partial charge in [-0.3, -0.25) is 0 Å². The van der Waals surface area contributed by atoms with Crippen LogP contribution < -0.4 is 24.8 Å². The molecule has 0 aliphatic heterocycles. The van der Waals surface area contributed by atoms with Crippen molar-refractivity contribution in [2.45, 2.75) is 14.4 Å². The second-order valence-corrected chi connectivity index (χ2v) is 6.66. The first-order valence-electron chi connectivity index (χ1n) is 9.22. The van der Waals surface area contributed by atoms with E-state index in [4.69, 9.17) is 26.4 Å². The number of nitrogens with one attached hydrogen (secondary N) is 2. The molecule has 2 heterocycles. The van der Waals surface area contributed by atoms with Crippen molar-refractivity contribution in [3.8, 4) is 17.2 Å². The molecule has 0 bridgehead atoms. The van der Waals surface area contributed by atoms with Gasteiger partial charge in [0.1, 0.15) is 11.3 Å². The van der Waals surface area contributed by atoms with Gasteiger partial charge in [-0.25, -0.2) is 15.0 Å². The zero-order valence-corrected chi connectivity index (χ0v) is 18.3. The highest BCUT2D eigenvalue weighted by Gasteiger charge is 2.14. The fourth-order valence-corrected chi connectivity index (χ4v) is 2.91. The standard InChI is InChI=1S/C20H24N6O3S.CH4/c1-6-26(2)20(30)25-16-8-7-13-19(23-16)24-17(11-21-13)22-12-9-14(27-3)18(29-5)15(10-12)28-4;/h7-11H,6H2,1-5H3,(H2,22,23,24,25,30);1H4. The van der Waals surface area contributed by atoms with Crippen molar-refractivity contribution in [1.29, 1.82) is 0 Å². The lowest BCUT2D eigenvalue weighted by Crippen LogP contribution is -2.30. The molecule has 0 saturated carbocycles. The van der Waals surface area contributed by atoms with Gasteiger partial charge in [-0.05, 0) is 31.3 Å². The van der Waals surface area contributed by atoms with Gasteiger partial charge in [0.05, 0.1) is 27.5 Å². The van der Waals surface area contributed by atoms with Gasteiger partial charge in [-0.15, -0.1) is 0 Å². The molecule has 0 spiro atoms. The summed E-state index contributed by atoms with van der Waals surface area (Å²) in [5, 5.41) is 6.90. The van der Waals surface area contributed by atoms with Crippen LogP contribution in [0.1, 0.15) is 14.4 Å². The Labute approximate surface area is 187 Å². The number of fused-ring (bicyclic) bond motifs is 1. The molecule has 10 heteroatoms. The quantitative estimate of drug-likeness (QED) is 0.519. The molecule has 2 aromatic heterocycles. The number of hydrogen-bond acceptors (Lipinski definition) is 8. The first kappa shape index (κ1) is 23.9. The first-order chi connectivity index (χ1) is 14.5. The highest BCUT2D eigenvalue weighted by atomic mass is 32.1. The predicted molar refractivity (Wildman–Crippen MR) is 128 cm³/mol. The van der Waals surface area contributed by atoms with Gasteiger partial charge in [0.2, 0.25) is 5.75 Å². The van der Waals surface area contributed by atoms with Crippen LogP contribution >= 0.6 is 12.2 Å². The lowest BCUT2D eigenvalue weighted by molar-refractivity contribution is 0.324. The van der Waals surface area contributed by atoms with Gasteiger partial charge in [0.25, 0.3) is 0 Å². The van der Waals surface area contributed by atoms with Crippen LogP contribution in [0.2, 0.25) is 0 Å². The maximum atomic E-state index is 5.39. The summed E-state index contributed by atoms with van der Waals surface area (Å²) in [6.45, 7) is 2.82. The van der Waals surface area contributed by atoms with Gasteiger partial charge in [0, 0.05) is 31.4 Å². The van der Waals surface area contributed by atoms with Crippen molar-refractivity contribution in [3.63, 3.8) is 0 Å². The normalized spacial score (nSPS) is 10.1. The molecular weight excluding hydrogens is 416 g/mol. The average Bonchev–Trinajstić information content (AvgIpc) is 2.77. The Kier molecular flexibility index (Phi) is 8.14. The summed E-state index contributed by atoms with van der Waals surface area (Å²) in [7, 11) is 6.60. The van der Waals surface area contributed by atoms with E-state index in [9.17, 15) is 0 Å². The number of hydrogen-bond donors (Lipinski definition) is 2. The highest BCUT2D eigenvalue weighted by Crippen LogP contribution is 2.40. The molecule has 166 valence electrons. The van der Waals surface area contributed by atoms with Gasteiger partial charge in [0.15, 0.2) is 28.1 Å². The fraction of sp³-hybridized carbons (Fsp3) is 0.333. The summed E-state index contributed by atoms with van der Waals surface area (Å²) in [4.78, 5) is 15.4. The number of benzene rings is 1. The van der Waals surface area contributed by atoms with E-state index in [0.29, 0.717) is 50.8 Å². The Hall–Kier alpha value is -3.40. The third-order valence-electron chi connectivity index (χ3n) is 4.40. The van der Waals surface area contributed by atoms with Crippen LogP contribution in [-0.4, -0.2) is 59.9 Å². The number of thiocarbonyl (C=S) groups is 1. The number of anilines is 3. The van der Waals surface area contributed by atoms with Crippen molar-refractivity contribution < 1.29 is 14.2 Å². The third kappa shape index (κ3) is 5.40. The summed E-state index contributed by atoms with van der Waals surface area (Å²) in [6, 6.07) is 7.24. The molecule has 3 rings (SSSR count). The molecule has 0 unspecified atom stereocenters. The third-order valence-corrected chi connectivity index (χ3v) is 4.81. The molecule has 0 aliphatic carbocycles. The molecule has 3 aromatic rings. The molecule has 2 N–H and O–H groups in total. The highest BCUT2D eigenvalue weighted by molar-refractivity contribution is 7.80. The van der Waals surface area contributed by atoms with Gasteiger partial charge in [-0.1, -0.05) is 7.43 Å². The SMILES string of the molecule is C.CCN(C)C(=S)Nc1ccc2ncc(Nc3cc(OC)c(OC)c(OC)c3)nc2n1. The Morgan fingerprint density at radius 3 is 2.26 bits per heavy atom. The van der Waals surface area contributed by atoms with E-state index >= 15 is 0 Å². The van der Waals surface area contributed by atoms with Crippen LogP contribution in [0.4, 0.5) is 17.3 Å². The topological polar surface area (TPSA) is 93.7 Å². The molecule has 9 nitrogen and oxygen atoms in total. The van der Waals surface area contributed by atoms with Crippen LogP contribution in [-0.2, 0) is 0 Å². The van der Waals surface area contributed by atoms with Crippen molar-refractivity contribution in [1.82, 2.24) is 19.9 Å². The average molecular weight is 445 g/mol. The minimum Gasteiger partial charge on any atom is -0.493 e. The molecule has 0 saturated heterocycles. The molecule has 0 radical (unpaired) electrons. The summed E-state index contributed by atoms with van der Waals surface area (Å²) in [5.74, 6) is 2.71. The second-order valence-electron chi connectivity index (χ2n) is 6.28. The Bertz CT molecular complexity index is 1040. The molecule has 0 fully saturated rings. The maximum Gasteiger partial charge on any atom is 0.203 e. The summed E-state index contributed by atoms with van der Waals surface area (Å²) >= 11 is 5.35. The molecule has 1 aromatic carbocycles. The maximum absolute atomic E-state index is 5.39. The van der Waals surface area contributed by atoms with E-state index in [0.717, 1.165) is 6.54 Å². The van der Waals surface area contributed by atoms with Crippen LogP contribution in [0.5, 0.6) is 17.2 Å². The zero-order valence-electron chi connectivity index (χ0n) is 17.5. The molecule has 31 heavy (non-hydrogen) atoms. The number of rotatable bonds is 7. The van der Waals surface area contributed by atoms with Gasteiger partial charge < -0.3 is 29.7 Å². The van der Waals surface area contributed by atoms with E-state index in [2.05, 4.69) is 25.6 Å².